The summed E-state index contributed by atoms with van der Waals surface area (Å²) < 4.78 is 170. The summed E-state index contributed by atoms with van der Waals surface area (Å²) in [5.41, 5.74) is 1.05. The Morgan fingerprint density at radius 1 is 0.500 bits per heavy atom. The zero-order chi connectivity index (χ0) is 26.6. The topological polar surface area (TPSA) is 0 Å². The molecule has 1 aromatic rings. The second-order valence-corrected chi connectivity index (χ2v) is 8.99. The molecule has 1 aromatic carbocycles. The Morgan fingerprint density at radius 2 is 0.912 bits per heavy atom. The van der Waals surface area contributed by atoms with Gasteiger partial charge in [0.15, 0.2) is 0 Å². The normalized spacial score (nSPS) is 14.5. The van der Waals surface area contributed by atoms with Gasteiger partial charge in [0, 0.05) is 9.99 Å². The van der Waals surface area contributed by atoms with E-state index in [9.17, 15) is 57.1 Å². The molecule has 0 saturated heterocycles. The summed E-state index contributed by atoms with van der Waals surface area (Å²) in [4.78, 5) is 0. The molecular formula is C20H20F13I. The number of halogens is 14. The molecule has 0 nitrogen and oxygen atoms in total. The summed E-state index contributed by atoms with van der Waals surface area (Å²) in [6.07, 6.45) is -7.85. The van der Waals surface area contributed by atoms with Crippen LogP contribution in [0.5, 0.6) is 0 Å². The molecule has 0 aliphatic rings. The van der Waals surface area contributed by atoms with Crippen LogP contribution in [0.15, 0.2) is 24.3 Å². The van der Waals surface area contributed by atoms with Crippen LogP contribution in [0.3, 0.4) is 0 Å². The molecule has 0 N–H and O–H groups in total. The Bertz CT molecular complexity index is 770. The Kier molecular flexibility index (Phi) is 10.0. The molecule has 14 heteroatoms. The lowest BCUT2D eigenvalue weighted by atomic mass is 9.91. The van der Waals surface area contributed by atoms with Crippen LogP contribution >= 0.6 is 22.6 Å². The molecule has 0 fully saturated rings. The van der Waals surface area contributed by atoms with E-state index in [1.807, 2.05) is 24.3 Å². The molecule has 0 aliphatic heterocycles. The van der Waals surface area contributed by atoms with E-state index in [1.54, 1.807) is 0 Å². The van der Waals surface area contributed by atoms with Gasteiger partial charge in [-0.2, -0.15) is 57.1 Å². The maximum Gasteiger partial charge on any atom is 0.460 e. The third-order valence-electron chi connectivity index (χ3n) is 5.12. The SMILES string of the molecule is FC(F)(F)C(F)(F)C(F)(F)C(F)(F)C(F)(F)C(F)(F)CCCCCCCCc1ccc(I)cc1. The lowest BCUT2D eigenvalue weighted by Crippen LogP contribution is -2.70. The first-order valence-corrected chi connectivity index (χ1v) is 11.0. The van der Waals surface area contributed by atoms with Crippen molar-refractivity contribution >= 4 is 22.6 Å². The first kappa shape index (κ1) is 31.1. The number of hydrogen-bond donors (Lipinski definition) is 0. The number of aryl methyl sites for hydroxylation is 1. The fraction of sp³-hybridized carbons (Fsp3) is 0.700. The summed E-state index contributed by atoms with van der Waals surface area (Å²) in [5.74, 6) is -36.3. The van der Waals surface area contributed by atoms with E-state index in [0.717, 1.165) is 9.13 Å². The maximum atomic E-state index is 13.7. The maximum absolute atomic E-state index is 13.7. The monoisotopic (exact) mass is 634 g/mol. The van der Waals surface area contributed by atoms with Crippen LogP contribution in [0.2, 0.25) is 0 Å². The first-order valence-electron chi connectivity index (χ1n) is 9.92. The molecular weight excluding hydrogens is 614 g/mol. The minimum atomic E-state index is -7.83. The smallest absolute Gasteiger partial charge is 0.200 e. The standard InChI is InChI=1S/C20H20F13I/c21-15(22,12-6-4-2-1-3-5-7-13-8-10-14(34)11-9-13)16(23,24)17(25,26)18(27,28)19(29,30)20(31,32)33/h8-11H,1-7,12H2. The lowest BCUT2D eigenvalue weighted by molar-refractivity contribution is -0.440. The summed E-state index contributed by atoms with van der Waals surface area (Å²) in [5, 5.41) is 0. The number of hydrogen-bond acceptors (Lipinski definition) is 0. The third-order valence-corrected chi connectivity index (χ3v) is 5.84. The van der Waals surface area contributed by atoms with Crippen molar-refractivity contribution in [1.29, 1.82) is 0 Å². The molecule has 0 aliphatic carbocycles. The molecule has 0 bridgehead atoms. The molecule has 0 heterocycles. The molecule has 1 rings (SSSR count). The van der Waals surface area contributed by atoms with Crippen molar-refractivity contribution in [2.45, 2.75) is 87.2 Å². The van der Waals surface area contributed by atoms with Crippen molar-refractivity contribution in [3.05, 3.63) is 33.4 Å². The first-order chi connectivity index (χ1) is 15.2. The largest absolute Gasteiger partial charge is 0.460 e. The van der Waals surface area contributed by atoms with E-state index < -0.39 is 48.6 Å². The predicted octanol–water partition coefficient (Wildman–Crippen LogP) is 9.30. The average molecular weight is 634 g/mol. The molecule has 0 saturated carbocycles. The average Bonchev–Trinajstić information content (AvgIpc) is 2.69. The number of benzene rings is 1. The van der Waals surface area contributed by atoms with Gasteiger partial charge in [-0.1, -0.05) is 37.8 Å². The van der Waals surface area contributed by atoms with Crippen LogP contribution in [0.1, 0.15) is 50.5 Å². The van der Waals surface area contributed by atoms with Crippen molar-refractivity contribution < 1.29 is 57.1 Å². The van der Waals surface area contributed by atoms with Gasteiger partial charge in [-0.15, -0.1) is 0 Å². The van der Waals surface area contributed by atoms with Gasteiger partial charge in [-0.25, -0.2) is 0 Å². The Morgan fingerprint density at radius 3 is 1.38 bits per heavy atom. The molecule has 0 aromatic heterocycles. The van der Waals surface area contributed by atoms with Gasteiger partial charge in [0.25, 0.3) is 0 Å². The summed E-state index contributed by atoms with van der Waals surface area (Å²) >= 11 is 2.13. The van der Waals surface area contributed by atoms with Gasteiger partial charge in [-0.3, -0.25) is 0 Å². The minimum absolute atomic E-state index is 0.199. The van der Waals surface area contributed by atoms with Crippen LogP contribution in [0, 0.1) is 3.57 Å². The van der Waals surface area contributed by atoms with Gasteiger partial charge in [-0.05, 0) is 59.5 Å². The van der Waals surface area contributed by atoms with E-state index in [1.165, 1.54) is 0 Å². The van der Waals surface area contributed by atoms with Crippen LogP contribution in [-0.2, 0) is 6.42 Å². The number of unbranched alkanes of at least 4 members (excludes halogenated alkanes) is 5. The fourth-order valence-corrected chi connectivity index (χ4v) is 3.35. The van der Waals surface area contributed by atoms with E-state index >= 15 is 0 Å². The van der Waals surface area contributed by atoms with Crippen molar-refractivity contribution in [2.75, 3.05) is 0 Å². The van der Waals surface area contributed by atoms with Gasteiger partial charge >= 0.3 is 35.8 Å². The minimum Gasteiger partial charge on any atom is -0.200 e. The van der Waals surface area contributed by atoms with Gasteiger partial charge in [0.2, 0.25) is 0 Å². The highest BCUT2D eigenvalue weighted by molar-refractivity contribution is 14.1. The molecule has 0 unspecified atom stereocenters. The summed E-state index contributed by atoms with van der Waals surface area (Å²) in [7, 11) is 0. The van der Waals surface area contributed by atoms with Crippen LogP contribution in [-0.4, -0.2) is 35.8 Å². The molecule has 0 spiro atoms. The van der Waals surface area contributed by atoms with Crippen LogP contribution in [0.25, 0.3) is 0 Å². The van der Waals surface area contributed by atoms with Gasteiger partial charge in [0.1, 0.15) is 0 Å². The van der Waals surface area contributed by atoms with Gasteiger partial charge in [0.05, 0.1) is 0 Å². The zero-order valence-electron chi connectivity index (χ0n) is 17.3. The molecule has 0 amide bonds. The third kappa shape index (κ3) is 6.42. The lowest BCUT2D eigenvalue weighted by Gasteiger charge is -2.39. The number of alkyl halides is 13. The second kappa shape index (κ2) is 11.0. The molecule has 198 valence electrons. The van der Waals surface area contributed by atoms with Crippen LogP contribution in [0.4, 0.5) is 57.1 Å². The van der Waals surface area contributed by atoms with Crippen molar-refractivity contribution in [3.63, 3.8) is 0 Å². The van der Waals surface area contributed by atoms with E-state index in [0.29, 0.717) is 25.7 Å². The second-order valence-electron chi connectivity index (χ2n) is 7.75. The van der Waals surface area contributed by atoms with Gasteiger partial charge < -0.3 is 0 Å². The van der Waals surface area contributed by atoms with Crippen molar-refractivity contribution in [3.8, 4) is 0 Å². The molecule has 34 heavy (non-hydrogen) atoms. The van der Waals surface area contributed by atoms with Crippen molar-refractivity contribution in [1.82, 2.24) is 0 Å². The van der Waals surface area contributed by atoms with Crippen molar-refractivity contribution in [2.24, 2.45) is 0 Å². The Labute approximate surface area is 200 Å². The predicted molar refractivity (Wildman–Crippen MR) is 106 cm³/mol. The van der Waals surface area contributed by atoms with E-state index in [-0.39, 0.29) is 12.8 Å². The van der Waals surface area contributed by atoms with E-state index in [2.05, 4.69) is 22.6 Å². The highest BCUT2D eigenvalue weighted by Gasteiger charge is 2.90. The summed E-state index contributed by atoms with van der Waals surface area (Å²) in [6, 6.07) is 7.62. The number of rotatable bonds is 13. The highest BCUT2D eigenvalue weighted by atomic mass is 127. The fourth-order valence-electron chi connectivity index (χ4n) is 2.99. The molecule has 0 radical (unpaired) electrons. The zero-order valence-corrected chi connectivity index (χ0v) is 19.4. The van der Waals surface area contributed by atoms with Crippen LogP contribution < -0.4 is 0 Å². The molecule has 0 atom stereocenters. The van der Waals surface area contributed by atoms with E-state index in [4.69, 9.17) is 0 Å². The Balaban J connectivity index is 2.61. The highest BCUT2D eigenvalue weighted by Crippen LogP contribution is 2.60. The summed E-state index contributed by atoms with van der Waals surface area (Å²) in [6.45, 7) is 0. The quantitative estimate of drug-likeness (QED) is 0.115. The Hall–Kier alpha value is -0.960.